The van der Waals surface area contributed by atoms with E-state index in [2.05, 4.69) is 10.4 Å². The van der Waals surface area contributed by atoms with Gasteiger partial charge in [0.1, 0.15) is 0 Å². The normalized spacial score (nSPS) is 12.7. The van der Waals surface area contributed by atoms with Gasteiger partial charge in [0.15, 0.2) is 6.61 Å². The summed E-state index contributed by atoms with van der Waals surface area (Å²) in [7, 11) is 0. The lowest BCUT2D eigenvalue weighted by atomic mass is 10.1. The Bertz CT molecular complexity index is 1070. The van der Waals surface area contributed by atoms with Crippen LogP contribution in [0.5, 0.6) is 0 Å². The summed E-state index contributed by atoms with van der Waals surface area (Å²) in [5.74, 6) is -0.930. The highest BCUT2D eigenvalue weighted by Gasteiger charge is 2.12. The molecule has 0 fully saturated rings. The molecule has 1 heterocycles. The van der Waals surface area contributed by atoms with Gasteiger partial charge in [0.2, 0.25) is 0 Å². The zero-order valence-electron chi connectivity index (χ0n) is 16.6. The maximum absolute atomic E-state index is 12.0. The van der Waals surface area contributed by atoms with Gasteiger partial charge in [0, 0.05) is 23.5 Å². The minimum absolute atomic E-state index is 0.326. The Morgan fingerprint density at radius 1 is 1.10 bits per heavy atom. The van der Waals surface area contributed by atoms with E-state index in [1.165, 1.54) is 17.2 Å². The van der Waals surface area contributed by atoms with Crippen molar-refractivity contribution in [1.29, 1.82) is 0 Å². The van der Waals surface area contributed by atoms with Gasteiger partial charge < -0.3 is 10.1 Å². The maximum Gasteiger partial charge on any atom is 0.331 e. The second kappa shape index (κ2) is 9.22. The molecule has 4 rings (SSSR count). The molecule has 1 aliphatic carbocycles. The van der Waals surface area contributed by atoms with Crippen LogP contribution < -0.4 is 5.32 Å². The number of amides is 1. The highest BCUT2D eigenvalue weighted by molar-refractivity contribution is 5.94. The molecule has 0 radical (unpaired) electrons. The molecule has 3 aromatic rings. The molecule has 0 atom stereocenters. The number of ether oxygens (including phenoxy) is 1. The van der Waals surface area contributed by atoms with Crippen molar-refractivity contribution in [3.63, 3.8) is 0 Å². The van der Waals surface area contributed by atoms with Crippen LogP contribution in [-0.2, 0) is 33.7 Å². The number of carbonyl (C=O) groups is 2. The second-order valence-electron chi connectivity index (χ2n) is 7.28. The molecule has 30 heavy (non-hydrogen) atoms. The first kappa shape index (κ1) is 19.6. The number of nitrogens with one attached hydrogen (secondary N) is 1. The van der Waals surface area contributed by atoms with Gasteiger partial charge >= 0.3 is 5.97 Å². The van der Waals surface area contributed by atoms with Gasteiger partial charge in [-0.2, -0.15) is 5.10 Å². The van der Waals surface area contributed by atoms with Crippen molar-refractivity contribution in [2.24, 2.45) is 0 Å². The predicted octanol–water partition coefficient (Wildman–Crippen LogP) is 3.62. The molecule has 152 valence electrons. The number of rotatable bonds is 7. The van der Waals surface area contributed by atoms with E-state index in [0.717, 1.165) is 36.1 Å². The van der Waals surface area contributed by atoms with Crippen molar-refractivity contribution >= 4 is 23.6 Å². The van der Waals surface area contributed by atoms with Crippen molar-refractivity contribution in [3.05, 3.63) is 89.3 Å². The number of aryl methyl sites for hydroxylation is 2. The third-order valence-corrected chi connectivity index (χ3v) is 4.98. The SMILES string of the molecule is O=C(COC(=O)/C=C/c1cnn(Cc2ccccc2)c1)Nc1ccc2c(c1)CCC2. The van der Waals surface area contributed by atoms with E-state index in [4.69, 9.17) is 4.74 Å². The van der Waals surface area contributed by atoms with Crippen molar-refractivity contribution in [2.45, 2.75) is 25.8 Å². The number of esters is 1. The van der Waals surface area contributed by atoms with E-state index in [9.17, 15) is 9.59 Å². The molecule has 0 unspecified atom stereocenters. The Balaban J connectivity index is 1.23. The highest BCUT2D eigenvalue weighted by Crippen LogP contribution is 2.24. The van der Waals surface area contributed by atoms with Gasteiger partial charge in [-0.05, 0) is 54.2 Å². The summed E-state index contributed by atoms with van der Waals surface area (Å²) in [6.45, 7) is 0.329. The third-order valence-electron chi connectivity index (χ3n) is 4.98. The number of carbonyl (C=O) groups excluding carboxylic acids is 2. The summed E-state index contributed by atoms with van der Waals surface area (Å²) in [6, 6.07) is 15.9. The Kier molecular flexibility index (Phi) is 6.03. The Labute approximate surface area is 175 Å². The van der Waals surface area contributed by atoms with Crippen molar-refractivity contribution in [2.75, 3.05) is 11.9 Å². The first-order valence-electron chi connectivity index (χ1n) is 9.98. The van der Waals surface area contributed by atoms with E-state index in [-0.39, 0.29) is 12.5 Å². The third kappa shape index (κ3) is 5.23. The standard InChI is InChI=1S/C24H23N3O3/c28-23(26-22-11-10-20-7-4-8-21(20)13-22)17-30-24(29)12-9-19-14-25-27(16-19)15-18-5-2-1-3-6-18/h1-3,5-6,9-14,16H,4,7-8,15,17H2,(H,26,28)/b12-9+. The van der Waals surface area contributed by atoms with Crippen LogP contribution in [0, 0.1) is 0 Å². The number of anilines is 1. The van der Waals surface area contributed by atoms with Crippen LogP contribution in [0.25, 0.3) is 6.08 Å². The van der Waals surface area contributed by atoms with Crippen LogP contribution in [0.4, 0.5) is 5.69 Å². The molecule has 0 aliphatic heterocycles. The summed E-state index contributed by atoms with van der Waals surface area (Å²) in [5.41, 5.74) is 5.28. The zero-order valence-corrected chi connectivity index (χ0v) is 16.6. The van der Waals surface area contributed by atoms with Gasteiger partial charge in [-0.1, -0.05) is 36.4 Å². The highest BCUT2D eigenvalue weighted by atomic mass is 16.5. The number of hydrogen-bond donors (Lipinski definition) is 1. The topological polar surface area (TPSA) is 73.2 Å². The maximum atomic E-state index is 12.0. The smallest absolute Gasteiger partial charge is 0.331 e. The molecule has 0 saturated carbocycles. The van der Waals surface area contributed by atoms with Gasteiger partial charge in [-0.15, -0.1) is 0 Å². The van der Waals surface area contributed by atoms with Gasteiger partial charge in [0.25, 0.3) is 5.91 Å². The van der Waals surface area contributed by atoms with E-state index < -0.39 is 5.97 Å². The number of hydrogen-bond acceptors (Lipinski definition) is 4. The monoisotopic (exact) mass is 401 g/mol. The average Bonchev–Trinajstić information content (AvgIpc) is 3.40. The molecule has 1 aliphatic rings. The van der Waals surface area contributed by atoms with Crippen molar-refractivity contribution in [3.8, 4) is 0 Å². The van der Waals surface area contributed by atoms with E-state index >= 15 is 0 Å². The van der Waals surface area contributed by atoms with Crippen LogP contribution in [-0.4, -0.2) is 28.3 Å². The molecule has 1 aromatic heterocycles. The number of nitrogens with zero attached hydrogens (tertiary/aromatic N) is 2. The average molecular weight is 401 g/mol. The Morgan fingerprint density at radius 2 is 1.93 bits per heavy atom. The molecular formula is C24H23N3O3. The number of aromatic nitrogens is 2. The summed E-state index contributed by atoms with van der Waals surface area (Å²) < 4.78 is 6.82. The molecule has 0 saturated heterocycles. The number of benzene rings is 2. The lowest BCUT2D eigenvalue weighted by Crippen LogP contribution is -2.20. The lowest BCUT2D eigenvalue weighted by molar-refractivity contribution is -0.142. The quantitative estimate of drug-likeness (QED) is 0.485. The first-order chi connectivity index (χ1) is 14.7. The second-order valence-corrected chi connectivity index (χ2v) is 7.28. The molecule has 2 aromatic carbocycles. The minimum Gasteiger partial charge on any atom is -0.452 e. The Morgan fingerprint density at radius 3 is 2.80 bits per heavy atom. The van der Waals surface area contributed by atoms with Crippen molar-refractivity contribution < 1.29 is 14.3 Å². The van der Waals surface area contributed by atoms with E-state index in [0.29, 0.717) is 6.54 Å². The molecule has 1 N–H and O–H groups in total. The molecule has 0 spiro atoms. The van der Waals surface area contributed by atoms with E-state index in [1.54, 1.807) is 17.0 Å². The lowest BCUT2D eigenvalue weighted by Gasteiger charge is -2.07. The first-order valence-corrected chi connectivity index (χ1v) is 9.98. The van der Waals surface area contributed by atoms with Crippen LogP contribution >= 0.6 is 0 Å². The molecule has 6 nitrogen and oxygen atoms in total. The fourth-order valence-corrected chi connectivity index (χ4v) is 3.52. The van der Waals surface area contributed by atoms with Crippen LogP contribution in [0.15, 0.2) is 67.0 Å². The van der Waals surface area contributed by atoms with Crippen LogP contribution in [0.1, 0.15) is 28.7 Å². The summed E-state index contributed by atoms with van der Waals surface area (Å²) in [5, 5.41) is 7.06. The predicted molar refractivity (Wildman–Crippen MR) is 115 cm³/mol. The summed E-state index contributed by atoms with van der Waals surface area (Å²) >= 11 is 0. The number of fused-ring (bicyclic) bond motifs is 1. The fourth-order valence-electron chi connectivity index (χ4n) is 3.52. The fraction of sp³-hybridized carbons (Fsp3) is 0.208. The van der Waals surface area contributed by atoms with E-state index in [1.807, 2.05) is 54.7 Å². The van der Waals surface area contributed by atoms with Gasteiger partial charge in [0.05, 0.1) is 12.7 Å². The van der Waals surface area contributed by atoms with Crippen LogP contribution in [0.3, 0.4) is 0 Å². The van der Waals surface area contributed by atoms with Gasteiger partial charge in [-0.3, -0.25) is 9.48 Å². The molecule has 0 bridgehead atoms. The molecule has 1 amide bonds. The zero-order chi connectivity index (χ0) is 20.8. The largest absolute Gasteiger partial charge is 0.452 e. The Hall–Kier alpha value is -3.67. The molecule has 6 heteroatoms. The summed E-state index contributed by atoms with van der Waals surface area (Å²) in [6.07, 6.45) is 9.73. The minimum atomic E-state index is -0.574. The molecular weight excluding hydrogens is 378 g/mol. The van der Waals surface area contributed by atoms with Crippen molar-refractivity contribution in [1.82, 2.24) is 9.78 Å². The van der Waals surface area contributed by atoms with Crippen LogP contribution in [0.2, 0.25) is 0 Å². The summed E-state index contributed by atoms with van der Waals surface area (Å²) in [4.78, 5) is 24.0. The van der Waals surface area contributed by atoms with Gasteiger partial charge in [-0.25, -0.2) is 4.79 Å².